The summed E-state index contributed by atoms with van der Waals surface area (Å²) >= 11 is 0. The van der Waals surface area contributed by atoms with Gasteiger partial charge < -0.3 is 5.11 Å². The van der Waals surface area contributed by atoms with Gasteiger partial charge in [-0.25, -0.2) is 4.98 Å². The number of carbonyl (C=O) groups excluding carboxylic acids is 1. The maximum atomic E-state index is 10.9. The van der Waals surface area contributed by atoms with E-state index in [9.17, 15) is 9.90 Å². The molecule has 0 aliphatic heterocycles. The standard InChI is InChI=1S/C14H10N2O2/c17-9-11-2-1-7-16-13(11)8-15-14(16)10-3-5-12(18)6-4-10/h1-9,18H. The summed E-state index contributed by atoms with van der Waals surface area (Å²) in [6, 6.07) is 10.4. The van der Waals surface area contributed by atoms with Crippen molar-refractivity contribution in [3.63, 3.8) is 0 Å². The molecule has 0 saturated carbocycles. The zero-order valence-electron chi connectivity index (χ0n) is 9.45. The van der Waals surface area contributed by atoms with Crippen LogP contribution in [-0.2, 0) is 0 Å². The Morgan fingerprint density at radius 1 is 1.17 bits per heavy atom. The van der Waals surface area contributed by atoms with E-state index in [-0.39, 0.29) is 5.75 Å². The number of phenolic OH excluding ortho intramolecular Hbond substituents is 1. The first-order chi connectivity index (χ1) is 8.79. The van der Waals surface area contributed by atoms with Crippen LogP contribution in [0.15, 0.2) is 48.8 Å². The van der Waals surface area contributed by atoms with Crippen molar-refractivity contribution in [2.45, 2.75) is 0 Å². The number of aldehydes is 1. The fourth-order valence-corrected chi connectivity index (χ4v) is 1.97. The normalized spacial score (nSPS) is 10.7. The highest BCUT2D eigenvalue weighted by Gasteiger charge is 2.08. The minimum Gasteiger partial charge on any atom is -0.508 e. The topological polar surface area (TPSA) is 54.6 Å². The summed E-state index contributed by atoms with van der Waals surface area (Å²) in [5, 5.41) is 9.28. The van der Waals surface area contributed by atoms with Gasteiger partial charge in [-0.15, -0.1) is 0 Å². The third-order valence-corrected chi connectivity index (χ3v) is 2.86. The molecule has 3 rings (SSSR count). The van der Waals surface area contributed by atoms with Crippen LogP contribution in [0.2, 0.25) is 0 Å². The van der Waals surface area contributed by atoms with E-state index in [4.69, 9.17) is 0 Å². The van der Waals surface area contributed by atoms with Crippen LogP contribution >= 0.6 is 0 Å². The molecule has 4 nitrogen and oxygen atoms in total. The maximum Gasteiger partial charge on any atom is 0.152 e. The molecule has 0 radical (unpaired) electrons. The number of benzene rings is 1. The number of hydrogen-bond acceptors (Lipinski definition) is 3. The van der Waals surface area contributed by atoms with Crippen LogP contribution < -0.4 is 0 Å². The Balaban J connectivity index is 2.24. The van der Waals surface area contributed by atoms with Crippen LogP contribution in [0.5, 0.6) is 5.75 Å². The average Bonchev–Trinajstić information content (AvgIpc) is 2.83. The van der Waals surface area contributed by atoms with Crippen molar-refractivity contribution in [2.24, 2.45) is 0 Å². The van der Waals surface area contributed by atoms with E-state index in [1.165, 1.54) is 0 Å². The van der Waals surface area contributed by atoms with Gasteiger partial charge in [0.15, 0.2) is 6.29 Å². The van der Waals surface area contributed by atoms with Crippen LogP contribution in [0.4, 0.5) is 0 Å². The molecule has 0 spiro atoms. The smallest absolute Gasteiger partial charge is 0.152 e. The second kappa shape index (κ2) is 4.00. The Bertz CT molecular complexity index is 714. The summed E-state index contributed by atoms with van der Waals surface area (Å²) in [6.45, 7) is 0. The Morgan fingerprint density at radius 3 is 2.67 bits per heavy atom. The Kier molecular flexibility index (Phi) is 2.34. The van der Waals surface area contributed by atoms with Crippen LogP contribution in [0.25, 0.3) is 16.9 Å². The van der Waals surface area contributed by atoms with Crippen LogP contribution in [0, 0.1) is 0 Å². The molecule has 88 valence electrons. The molecular formula is C14H10N2O2. The van der Waals surface area contributed by atoms with Crippen molar-refractivity contribution in [1.82, 2.24) is 9.38 Å². The molecular weight excluding hydrogens is 228 g/mol. The predicted octanol–water partition coefficient (Wildman–Crippen LogP) is 2.52. The minimum absolute atomic E-state index is 0.216. The van der Waals surface area contributed by atoms with E-state index in [2.05, 4.69) is 4.98 Å². The highest BCUT2D eigenvalue weighted by atomic mass is 16.3. The zero-order chi connectivity index (χ0) is 12.5. The predicted molar refractivity (Wildman–Crippen MR) is 67.7 cm³/mol. The van der Waals surface area contributed by atoms with Gasteiger partial charge in [0.1, 0.15) is 11.6 Å². The van der Waals surface area contributed by atoms with E-state index in [1.807, 2.05) is 16.7 Å². The summed E-state index contributed by atoms with van der Waals surface area (Å²) in [7, 11) is 0. The van der Waals surface area contributed by atoms with Crippen molar-refractivity contribution in [3.05, 3.63) is 54.4 Å². The van der Waals surface area contributed by atoms with Crippen molar-refractivity contribution >= 4 is 11.8 Å². The first-order valence-electron chi connectivity index (χ1n) is 5.50. The molecule has 4 heteroatoms. The van der Waals surface area contributed by atoms with Gasteiger partial charge in [0.2, 0.25) is 0 Å². The van der Waals surface area contributed by atoms with Gasteiger partial charge in [-0.3, -0.25) is 9.20 Å². The number of fused-ring (bicyclic) bond motifs is 1. The molecule has 3 aromatic rings. The monoisotopic (exact) mass is 238 g/mol. The number of phenols is 1. The van der Waals surface area contributed by atoms with Crippen molar-refractivity contribution < 1.29 is 9.90 Å². The minimum atomic E-state index is 0.216. The van der Waals surface area contributed by atoms with Gasteiger partial charge in [-0.05, 0) is 36.4 Å². The van der Waals surface area contributed by atoms with E-state index in [0.29, 0.717) is 5.56 Å². The Labute approximate surface area is 103 Å². The Morgan fingerprint density at radius 2 is 1.94 bits per heavy atom. The average molecular weight is 238 g/mol. The number of nitrogens with zero attached hydrogens (tertiary/aromatic N) is 2. The highest BCUT2D eigenvalue weighted by Crippen LogP contribution is 2.22. The third kappa shape index (κ3) is 1.55. The lowest BCUT2D eigenvalue weighted by molar-refractivity contribution is 0.112. The van der Waals surface area contributed by atoms with Crippen molar-refractivity contribution in [1.29, 1.82) is 0 Å². The molecule has 0 amide bonds. The molecule has 2 heterocycles. The molecule has 0 saturated heterocycles. The summed E-state index contributed by atoms with van der Waals surface area (Å²) < 4.78 is 1.86. The molecule has 0 unspecified atom stereocenters. The van der Waals surface area contributed by atoms with Gasteiger partial charge in [-0.2, -0.15) is 0 Å². The number of aromatic hydroxyl groups is 1. The maximum absolute atomic E-state index is 10.9. The van der Waals surface area contributed by atoms with E-state index < -0.39 is 0 Å². The SMILES string of the molecule is O=Cc1cccn2c(-c3ccc(O)cc3)ncc12. The number of imidazole rings is 1. The molecule has 2 aromatic heterocycles. The number of rotatable bonds is 2. The van der Waals surface area contributed by atoms with Crippen molar-refractivity contribution in [2.75, 3.05) is 0 Å². The fraction of sp³-hybridized carbons (Fsp3) is 0. The number of hydrogen-bond donors (Lipinski definition) is 1. The lowest BCUT2D eigenvalue weighted by Gasteiger charge is -2.02. The number of carbonyl (C=O) groups is 1. The molecule has 1 aromatic carbocycles. The second-order valence-corrected chi connectivity index (χ2v) is 3.97. The molecule has 0 atom stereocenters. The summed E-state index contributed by atoms with van der Waals surface area (Å²) in [6.07, 6.45) is 4.35. The van der Waals surface area contributed by atoms with Gasteiger partial charge >= 0.3 is 0 Å². The second-order valence-electron chi connectivity index (χ2n) is 3.97. The molecule has 0 aliphatic carbocycles. The molecule has 0 fully saturated rings. The lowest BCUT2D eigenvalue weighted by Crippen LogP contribution is -1.91. The third-order valence-electron chi connectivity index (χ3n) is 2.86. The van der Waals surface area contributed by atoms with Crippen LogP contribution in [0.1, 0.15) is 10.4 Å². The molecule has 18 heavy (non-hydrogen) atoms. The first-order valence-corrected chi connectivity index (χ1v) is 5.50. The largest absolute Gasteiger partial charge is 0.508 e. The van der Waals surface area contributed by atoms with Crippen LogP contribution in [0.3, 0.4) is 0 Å². The Hall–Kier alpha value is -2.62. The van der Waals surface area contributed by atoms with Crippen LogP contribution in [-0.4, -0.2) is 20.8 Å². The number of aromatic nitrogens is 2. The molecule has 0 aliphatic rings. The highest BCUT2D eigenvalue weighted by molar-refractivity contribution is 5.86. The zero-order valence-corrected chi connectivity index (χ0v) is 9.45. The van der Waals surface area contributed by atoms with E-state index in [0.717, 1.165) is 23.2 Å². The van der Waals surface area contributed by atoms with E-state index in [1.54, 1.807) is 36.5 Å². The summed E-state index contributed by atoms with van der Waals surface area (Å²) in [4.78, 5) is 15.3. The van der Waals surface area contributed by atoms with E-state index >= 15 is 0 Å². The van der Waals surface area contributed by atoms with Crippen molar-refractivity contribution in [3.8, 4) is 17.1 Å². The summed E-state index contributed by atoms with van der Waals surface area (Å²) in [5.74, 6) is 0.960. The molecule has 0 bridgehead atoms. The quantitative estimate of drug-likeness (QED) is 0.698. The molecule has 1 N–H and O–H groups in total. The van der Waals surface area contributed by atoms with Gasteiger partial charge in [0.25, 0.3) is 0 Å². The van der Waals surface area contributed by atoms with Gasteiger partial charge in [-0.1, -0.05) is 0 Å². The van der Waals surface area contributed by atoms with Gasteiger partial charge in [0.05, 0.1) is 11.7 Å². The lowest BCUT2D eigenvalue weighted by atomic mass is 10.2. The number of pyridine rings is 1. The van der Waals surface area contributed by atoms with Gasteiger partial charge in [0, 0.05) is 17.3 Å². The first kappa shape index (κ1) is 10.5. The fourth-order valence-electron chi connectivity index (χ4n) is 1.97. The summed E-state index contributed by atoms with van der Waals surface area (Å²) in [5.41, 5.74) is 2.27.